The Bertz CT molecular complexity index is 532. The van der Waals surface area contributed by atoms with Crippen LogP contribution in [0, 0.1) is 0 Å². The van der Waals surface area contributed by atoms with Gasteiger partial charge in [-0.1, -0.05) is 36.0 Å². The molecule has 92 valence electrons. The second-order valence-electron chi connectivity index (χ2n) is 3.50. The summed E-state index contributed by atoms with van der Waals surface area (Å²) in [6.45, 7) is 0. The van der Waals surface area contributed by atoms with Gasteiger partial charge in [-0.05, 0) is 17.2 Å². The number of rotatable bonds is 5. The van der Waals surface area contributed by atoms with E-state index in [2.05, 4.69) is 4.98 Å². The smallest absolute Gasteiger partial charge is 0.328 e. The number of hydrogen-bond donors (Lipinski definition) is 1. The van der Waals surface area contributed by atoms with Crippen LogP contribution in [0.5, 0.6) is 0 Å². The minimum Gasteiger partial charge on any atom is -0.478 e. The van der Waals surface area contributed by atoms with Crippen molar-refractivity contribution < 1.29 is 14.3 Å². The van der Waals surface area contributed by atoms with Gasteiger partial charge < -0.3 is 9.52 Å². The first kappa shape index (κ1) is 12.4. The molecule has 1 aromatic carbocycles. The molecule has 0 unspecified atom stereocenters. The van der Waals surface area contributed by atoms with Crippen LogP contribution < -0.4 is 0 Å². The van der Waals surface area contributed by atoms with E-state index in [4.69, 9.17) is 9.52 Å². The molecule has 0 bridgehead atoms. The fraction of sp³-hybridized carbons (Fsp3) is 0.0769. The van der Waals surface area contributed by atoms with Crippen molar-refractivity contribution in [1.82, 2.24) is 4.98 Å². The van der Waals surface area contributed by atoms with Crippen LogP contribution >= 0.6 is 11.8 Å². The maximum atomic E-state index is 10.4. The molecule has 1 heterocycles. The number of thioether (sulfide) groups is 1. The Morgan fingerprint density at radius 3 is 2.78 bits per heavy atom. The molecule has 2 aromatic rings. The minimum absolute atomic E-state index is 0.643. The number of carboxylic acids is 1. The fourth-order valence-electron chi connectivity index (χ4n) is 1.32. The number of carbonyl (C=O) groups is 1. The molecule has 2 rings (SSSR count). The summed E-state index contributed by atoms with van der Waals surface area (Å²) in [7, 11) is 0. The lowest BCUT2D eigenvalue weighted by Gasteiger charge is -1.99. The number of carboxylic acid groups (broad SMARTS) is 1. The topological polar surface area (TPSA) is 63.3 Å². The molecule has 0 aliphatic carbocycles. The summed E-state index contributed by atoms with van der Waals surface area (Å²) in [6, 6.07) is 7.67. The van der Waals surface area contributed by atoms with E-state index in [-0.39, 0.29) is 0 Å². The summed E-state index contributed by atoms with van der Waals surface area (Å²) >= 11 is 1.51. The molecule has 0 radical (unpaired) electrons. The van der Waals surface area contributed by atoms with Crippen molar-refractivity contribution >= 4 is 23.8 Å². The van der Waals surface area contributed by atoms with Crippen molar-refractivity contribution in [2.45, 2.75) is 11.0 Å². The average Bonchev–Trinajstić information content (AvgIpc) is 2.88. The van der Waals surface area contributed by atoms with Crippen LogP contribution in [0.1, 0.15) is 11.1 Å². The third-order valence-electron chi connectivity index (χ3n) is 2.17. The van der Waals surface area contributed by atoms with Crippen LogP contribution in [-0.2, 0) is 10.5 Å². The first-order valence-corrected chi connectivity index (χ1v) is 6.25. The predicted molar refractivity (Wildman–Crippen MR) is 69.2 cm³/mol. The van der Waals surface area contributed by atoms with E-state index in [1.165, 1.54) is 11.8 Å². The molecule has 0 saturated carbocycles. The van der Waals surface area contributed by atoms with Crippen LogP contribution in [0.25, 0.3) is 6.08 Å². The Labute approximate surface area is 108 Å². The first-order valence-electron chi connectivity index (χ1n) is 5.26. The van der Waals surface area contributed by atoms with Crippen LogP contribution in [-0.4, -0.2) is 16.1 Å². The molecule has 5 heteroatoms. The summed E-state index contributed by atoms with van der Waals surface area (Å²) in [4.78, 5) is 14.4. The van der Waals surface area contributed by atoms with Crippen molar-refractivity contribution in [2.24, 2.45) is 0 Å². The van der Waals surface area contributed by atoms with E-state index in [0.29, 0.717) is 5.22 Å². The maximum absolute atomic E-state index is 10.4. The van der Waals surface area contributed by atoms with E-state index >= 15 is 0 Å². The second kappa shape index (κ2) is 6.07. The van der Waals surface area contributed by atoms with Gasteiger partial charge in [-0.3, -0.25) is 0 Å². The zero-order valence-corrected chi connectivity index (χ0v) is 10.3. The number of hydrogen-bond acceptors (Lipinski definition) is 4. The Morgan fingerprint density at radius 1 is 1.39 bits per heavy atom. The molecule has 1 N–H and O–H groups in total. The molecule has 0 amide bonds. The van der Waals surface area contributed by atoms with Crippen molar-refractivity contribution in [3.05, 3.63) is 53.9 Å². The number of aliphatic carboxylic acids is 1. The molecular formula is C13H11NO3S. The van der Waals surface area contributed by atoms with Gasteiger partial charge in [0.15, 0.2) is 0 Å². The zero-order chi connectivity index (χ0) is 12.8. The average molecular weight is 261 g/mol. The number of benzene rings is 1. The molecule has 0 aliphatic heterocycles. The van der Waals surface area contributed by atoms with Crippen molar-refractivity contribution in [2.75, 3.05) is 0 Å². The van der Waals surface area contributed by atoms with Crippen molar-refractivity contribution in [3.63, 3.8) is 0 Å². The summed E-state index contributed by atoms with van der Waals surface area (Å²) < 4.78 is 5.12. The zero-order valence-electron chi connectivity index (χ0n) is 9.45. The molecule has 1 aromatic heterocycles. The third-order valence-corrected chi connectivity index (χ3v) is 3.10. The Kier molecular flexibility index (Phi) is 4.20. The number of oxazole rings is 1. The van der Waals surface area contributed by atoms with Crippen LogP contribution in [0.2, 0.25) is 0 Å². The van der Waals surface area contributed by atoms with Gasteiger partial charge in [-0.2, -0.15) is 0 Å². The standard InChI is InChI=1S/C13H11NO3S/c15-12(16)6-5-10-1-3-11(4-2-10)9-18-13-14-7-8-17-13/h1-8H,9H2,(H,15,16)/b6-5+. The molecule has 4 nitrogen and oxygen atoms in total. The van der Waals surface area contributed by atoms with Gasteiger partial charge in [0, 0.05) is 11.8 Å². The maximum Gasteiger partial charge on any atom is 0.328 e. The van der Waals surface area contributed by atoms with Crippen LogP contribution in [0.15, 0.2) is 52.4 Å². The largest absolute Gasteiger partial charge is 0.478 e. The summed E-state index contributed by atoms with van der Waals surface area (Å²) in [5, 5.41) is 9.16. The lowest BCUT2D eigenvalue weighted by molar-refractivity contribution is -0.131. The molecule has 0 saturated heterocycles. The Morgan fingerprint density at radius 2 is 2.17 bits per heavy atom. The highest BCUT2D eigenvalue weighted by atomic mass is 32.2. The molecule has 0 aliphatic rings. The minimum atomic E-state index is -0.946. The lowest BCUT2D eigenvalue weighted by atomic mass is 10.1. The summed E-state index contributed by atoms with van der Waals surface area (Å²) in [5.41, 5.74) is 1.99. The summed E-state index contributed by atoms with van der Waals surface area (Å²) in [6.07, 6.45) is 5.84. The molecule has 18 heavy (non-hydrogen) atoms. The van der Waals surface area contributed by atoms with Crippen molar-refractivity contribution in [3.8, 4) is 0 Å². The SMILES string of the molecule is O=C(O)/C=C/c1ccc(CSc2ncco2)cc1. The Hall–Kier alpha value is -2.01. The molecule has 0 atom stereocenters. The first-order chi connectivity index (χ1) is 8.74. The van der Waals surface area contributed by atoms with Crippen LogP contribution in [0.3, 0.4) is 0 Å². The normalized spacial score (nSPS) is 10.9. The molecule has 0 fully saturated rings. The predicted octanol–water partition coefficient (Wildman–Crippen LogP) is 3.06. The van der Waals surface area contributed by atoms with E-state index < -0.39 is 5.97 Å². The Balaban J connectivity index is 1.93. The van der Waals surface area contributed by atoms with E-state index in [9.17, 15) is 4.79 Å². The highest BCUT2D eigenvalue weighted by molar-refractivity contribution is 7.98. The van der Waals surface area contributed by atoms with Gasteiger partial charge in [-0.25, -0.2) is 9.78 Å². The number of aromatic nitrogens is 1. The quantitative estimate of drug-likeness (QED) is 0.662. The van der Waals surface area contributed by atoms with Gasteiger partial charge in [0.1, 0.15) is 6.26 Å². The summed E-state index contributed by atoms with van der Waals surface area (Å²) in [5.74, 6) is -0.179. The van der Waals surface area contributed by atoms with Gasteiger partial charge in [-0.15, -0.1) is 0 Å². The number of nitrogens with zero attached hydrogens (tertiary/aromatic N) is 1. The monoisotopic (exact) mass is 261 g/mol. The fourth-order valence-corrected chi connectivity index (χ4v) is 2.06. The van der Waals surface area contributed by atoms with E-state index in [0.717, 1.165) is 23.0 Å². The van der Waals surface area contributed by atoms with Gasteiger partial charge in [0.2, 0.25) is 0 Å². The van der Waals surface area contributed by atoms with Crippen molar-refractivity contribution in [1.29, 1.82) is 0 Å². The van der Waals surface area contributed by atoms with E-state index in [1.807, 2.05) is 24.3 Å². The third kappa shape index (κ3) is 3.78. The molecule has 0 spiro atoms. The second-order valence-corrected chi connectivity index (χ2v) is 4.43. The van der Waals surface area contributed by atoms with Gasteiger partial charge in [0.25, 0.3) is 5.22 Å². The van der Waals surface area contributed by atoms with Gasteiger partial charge >= 0.3 is 5.97 Å². The van der Waals surface area contributed by atoms with Gasteiger partial charge in [0.05, 0.1) is 6.20 Å². The van der Waals surface area contributed by atoms with Crippen LogP contribution in [0.4, 0.5) is 0 Å². The van der Waals surface area contributed by atoms with E-state index in [1.54, 1.807) is 18.5 Å². The molecular weight excluding hydrogens is 250 g/mol. The highest BCUT2D eigenvalue weighted by Gasteiger charge is 1.99. The lowest BCUT2D eigenvalue weighted by Crippen LogP contribution is -1.86. The highest BCUT2D eigenvalue weighted by Crippen LogP contribution is 2.20.